The minimum Gasteiger partial charge on any atom is -0.478 e. The molecule has 3 nitrogen and oxygen atoms in total. The zero-order chi connectivity index (χ0) is 14.9. The number of nitrogens with zero attached hydrogens (tertiary/aromatic N) is 1. The van der Waals surface area contributed by atoms with Gasteiger partial charge in [-0.25, -0.2) is 4.79 Å². The summed E-state index contributed by atoms with van der Waals surface area (Å²) in [6, 6.07) is 3.63. The number of fused-ring (bicyclic) bond motifs is 1. The lowest BCUT2D eigenvalue weighted by molar-refractivity contribution is 0.0697. The topological polar surface area (TPSA) is 42.2 Å². The molecular formula is C17H23NO2. The van der Waals surface area contributed by atoms with Gasteiger partial charge in [0.25, 0.3) is 0 Å². The fourth-order valence-electron chi connectivity index (χ4n) is 3.09. The minimum absolute atomic E-state index is 0.390. The summed E-state index contributed by atoms with van der Waals surface area (Å²) in [5.41, 5.74) is 5.24. The molecule has 0 unspecified atom stereocenters. The maximum atomic E-state index is 11.3. The number of rotatable bonds is 5. The van der Waals surface area contributed by atoms with Crippen LogP contribution in [-0.4, -0.2) is 15.6 Å². The molecule has 0 atom stereocenters. The van der Waals surface area contributed by atoms with E-state index >= 15 is 0 Å². The van der Waals surface area contributed by atoms with E-state index < -0.39 is 5.97 Å². The summed E-state index contributed by atoms with van der Waals surface area (Å²) >= 11 is 0. The Bertz CT molecular complexity index is 653. The molecule has 0 saturated carbocycles. The van der Waals surface area contributed by atoms with E-state index in [0.29, 0.717) is 5.56 Å². The third-order valence-corrected chi connectivity index (χ3v) is 3.93. The van der Waals surface area contributed by atoms with Crippen molar-refractivity contribution < 1.29 is 9.90 Å². The summed E-state index contributed by atoms with van der Waals surface area (Å²) in [4.78, 5) is 11.3. The Morgan fingerprint density at radius 1 is 1.20 bits per heavy atom. The van der Waals surface area contributed by atoms with Gasteiger partial charge in [-0.2, -0.15) is 0 Å². The first kappa shape index (κ1) is 14.6. The highest BCUT2D eigenvalue weighted by atomic mass is 16.4. The largest absolute Gasteiger partial charge is 0.478 e. The number of hydrogen-bond acceptors (Lipinski definition) is 1. The van der Waals surface area contributed by atoms with E-state index in [9.17, 15) is 9.90 Å². The van der Waals surface area contributed by atoms with Crippen LogP contribution in [0.15, 0.2) is 12.1 Å². The van der Waals surface area contributed by atoms with Gasteiger partial charge < -0.3 is 9.67 Å². The third-order valence-electron chi connectivity index (χ3n) is 3.93. The molecule has 0 amide bonds. The van der Waals surface area contributed by atoms with Gasteiger partial charge in [-0.1, -0.05) is 20.3 Å². The predicted octanol–water partition coefficient (Wildman–Crippen LogP) is 4.32. The van der Waals surface area contributed by atoms with Crippen LogP contribution >= 0.6 is 0 Å². The molecular weight excluding hydrogens is 250 g/mol. The van der Waals surface area contributed by atoms with E-state index in [1.54, 1.807) is 6.07 Å². The number of aromatic nitrogens is 1. The molecule has 20 heavy (non-hydrogen) atoms. The van der Waals surface area contributed by atoms with E-state index in [-0.39, 0.29) is 0 Å². The van der Waals surface area contributed by atoms with Gasteiger partial charge in [0.2, 0.25) is 0 Å². The summed E-state index contributed by atoms with van der Waals surface area (Å²) < 4.78 is 2.35. The molecule has 0 saturated heterocycles. The van der Waals surface area contributed by atoms with E-state index in [2.05, 4.69) is 25.3 Å². The maximum absolute atomic E-state index is 11.3. The van der Waals surface area contributed by atoms with Crippen LogP contribution in [0.2, 0.25) is 0 Å². The average molecular weight is 273 g/mol. The summed E-state index contributed by atoms with van der Waals surface area (Å²) in [5.74, 6) is -0.849. The molecule has 2 aromatic rings. The number of aromatic carboxylic acids is 1. The summed E-state index contributed by atoms with van der Waals surface area (Å²) in [7, 11) is 0. The molecule has 2 rings (SSSR count). The molecule has 0 aliphatic heterocycles. The van der Waals surface area contributed by atoms with Crippen LogP contribution in [0, 0.1) is 13.8 Å². The van der Waals surface area contributed by atoms with Crippen molar-refractivity contribution in [1.82, 2.24) is 4.57 Å². The molecule has 0 fully saturated rings. The minimum atomic E-state index is -0.849. The van der Waals surface area contributed by atoms with E-state index in [4.69, 9.17) is 0 Å². The van der Waals surface area contributed by atoms with E-state index in [1.807, 2.05) is 13.0 Å². The van der Waals surface area contributed by atoms with Crippen LogP contribution in [0.5, 0.6) is 0 Å². The van der Waals surface area contributed by atoms with Crippen molar-refractivity contribution >= 4 is 16.9 Å². The van der Waals surface area contributed by atoms with E-state index in [1.165, 1.54) is 16.8 Å². The molecule has 0 aliphatic carbocycles. The van der Waals surface area contributed by atoms with Gasteiger partial charge in [0.05, 0.1) is 11.1 Å². The van der Waals surface area contributed by atoms with Gasteiger partial charge in [0.15, 0.2) is 0 Å². The summed E-state index contributed by atoms with van der Waals surface area (Å²) in [5, 5.41) is 10.4. The first-order valence-electron chi connectivity index (χ1n) is 7.36. The second-order valence-corrected chi connectivity index (χ2v) is 5.46. The van der Waals surface area contributed by atoms with Crippen molar-refractivity contribution in [2.75, 3.05) is 0 Å². The number of carbonyl (C=O) groups is 1. The molecule has 0 spiro atoms. The maximum Gasteiger partial charge on any atom is 0.335 e. The second-order valence-electron chi connectivity index (χ2n) is 5.46. The quantitative estimate of drug-likeness (QED) is 0.881. The van der Waals surface area contributed by atoms with Crippen LogP contribution in [0.3, 0.4) is 0 Å². The zero-order valence-corrected chi connectivity index (χ0v) is 12.8. The lowest BCUT2D eigenvalue weighted by Gasteiger charge is -2.09. The van der Waals surface area contributed by atoms with Crippen molar-refractivity contribution in [3.63, 3.8) is 0 Å². The van der Waals surface area contributed by atoms with Gasteiger partial charge in [-0.15, -0.1) is 0 Å². The van der Waals surface area contributed by atoms with Gasteiger partial charge in [-0.3, -0.25) is 0 Å². The van der Waals surface area contributed by atoms with Gasteiger partial charge >= 0.3 is 5.97 Å². The number of benzene rings is 1. The van der Waals surface area contributed by atoms with Crippen LogP contribution in [-0.2, 0) is 13.0 Å². The predicted molar refractivity (Wildman–Crippen MR) is 82.7 cm³/mol. The fraction of sp³-hybridized carbons (Fsp3) is 0.471. The van der Waals surface area contributed by atoms with Crippen molar-refractivity contribution in [2.45, 2.75) is 53.5 Å². The molecule has 1 aromatic heterocycles. The first-order chi connectivity index (χ1) is 9.51. The molecule has 0 aliphatic rings. The molecule has 0 radical (unpaired) electrons. The number of carboxylic acid groups (broad SMARTS) is 1. The first-order valence-corrected chi connectivity index (χ1v) is 7.36. The van der Waals surface area contributed by atoms with Crippen molar-refractivity contribution in [1.29, 1.82) is 0 Å². The average Bonchev–Trinajstić information content (AvgIpc) is 2.65. The van der Waals surface area contributed by atoms with Crippen molar-refractivity contribution in [3.05, 3.63) is 34.5 Å². The highest BCUT2D eigenvalue weighted by Gasteiger charge is 2.17. The SMILES string of the molecule is CCCc1c(C)n(CCC)c2c(C)cc(C(=O)O)cc12. The normalized spacial score (nSPS) is 11.2. The zero-order valence-electron chi connectivity index (χ0n) is 12.8. The second kappa shape index (κ2) is 5.70. The summed E-state index contributed by atoms with van der Waals surface area (Å²) in [6.45, 7) is 9.48. The third kappa shape index (κ3) is 2.33. The Hall–Kier alpha value is -1.77. The smallest absolute Gasteiger partial charge is 0.335 e. The van der Waals surface area contributed by atoms with Crippen molar-refractivity contribution in [2.24, 2.45) is 0 Å². The molecule has 1 N–H and O–H groups in total. The fourth-order valence-corrected chi connectivity index (χ4v) is 3.09. The van der Waals surface area contributed by atoms with Crippen molar-refractivity contribution in [3.8, 4) is 0 Å². The number of aryl methyl sites for hydroxylation is 3. The number of hydrogen-bond donors (Lipinski definition) is 1. The highest BCUT2D eigenvalue weighted by molar-refractivity contribution is 5.97. The Morgan fingerprint density at radius 2 is 1.90 bits per heavy atom. The van der Waals surface area contributed by atoms with Crippen LogP contribution < -0.4 is 0 Å². The van der Waals surface area contributed by atoms with Crippen LogP contribution in [0.1, 0.15) is 53.9 Å². The van der Waals surface area contributed by atoms with E-state index in [0.717, 1.165) is 36.8 Å². The Kier molecular flexibility index (Phi) is 4.17. The van der Waals surface area contributed by atoms with Gasteiger partial charge in [0.1, 0.15) is 0 Å². The molecule has 1 aromatic carbocycles. The molecule has 1 heterocycles. The molecule has 0 bridgehead atoms. The number of carboxylic acids is 1. The summed E-state index contributed by atoms with van der Waals surface area (Å²) in [6.07, 6.45) is 3.15. The lowest BCUT2D eigenvalue weighted by atomic mass is 10.0. The Labute approximate surface area is 120 Å². The van der Waals surface area contributed by atoms with Gasteiger partial charge in [-0.05, 0) is 49.9 Å². The monoisotopic (exact) mass is 273 g/mol. The standard InChI is InChI=1S/C17H23NO2/c1-5-7-14-12(4)18(8-6-2)16-11(3)9-13(17(19)20)10-15(14)16/h9-10H,5-8H2,1-4H3,(H,19,20). The van der Waals surface area contributed by atoms with Crippen LogP contribution in [0.4, 0.5) is 0 Å². The van der Waals surface area contributed by atoms with Crippen LogP contribution in [0.25, 0.3) is 10.9 Å². The lowest BCUT2D eigenvalue weighted by Crippen LogP contribution is -2.02. The Balaban J connectivity index is 2.81. The molecule has 3 heteroatoms. The Morgan fingerprint density at radius 3 is 2.45 bits per heavy atom. The van der Waals surface area contributed by atoms with Gasteiger partial charge in [0, 0.05) is 17.6 Å². The molecule has 108 valence electrons. The highest BCUT2D eigenvalue weighted by Crippen LogP contribution is 2.31.